The van der Waals surface area contributed by atoms with E-state index in [9.17, 15) is 9.59 Å². The van der Waals surface area contributed by atoms with Crippen molar-refractivity contribution in [1.29, 1.82) is 0 Å². The molecule has 8 heteroatoms. The van der Waals surface area contributed by atoms with E-state index in [0.29, 0.717) is 36.2 Å². The summed E-state index contributed by atoms with van der Waals surface area (Å²) in [5.41, 5.74) is 1.37. The summed E-state index contributed by atoms with van der Waals surface area (Å²) < 4.78 is 5.25. The number of carbonyl (C=O) groups excluding carboxylic acids is 2. The number of benzene rings is 1. The molecule has 27 heavy (non-hydrogen) atoms. The molecule has 0 atom stereocenters. The van der Waals surface area contributed by atoms with Gasteiger partial charge in [-0.2, -0.15) is 4.98 Å². The number of nitrogens with one attached hydrogen (secondary N) is 2. The molecule has 142 valence electrons. The zero-order valence-corrected chi connectivity index (χ0v) is 15.3. The largest absolute Gasteiger partial charge is 0.339 e. The number of hydrogen-bond acceptors (Lipinski definition) is 5. The first-order chi connectivity index (χ1) is 13.1. The van der Waals surface area contributed by atoms with E-state index in [1.807, 2.05) is 18.2 Å². The molecule has 2 heterocycles. The van der Waals surface area contributed by atoms with Crippen molar-refractivity contribution >= 4 is 23.3 Å². The van der Waals surface area contributed by atoms with E-state index >= 15 is 0 Å². The van der Waals surface area contributed by atoms with E-state index < -0.39 is 0 Å². The van der Waals surface area contributed by atoms with E-state index in [0.717, 1.165) is 25.7 Å². The molecule has 1 saturated carbocycles. The lowest BCUT2D eigenvalue weighted by Crippen LogP contribution is -2.40. The summed E-state index contributed by atoms with van der Waals surface area (Å²) in [7, 11) is 0. The van der Waals surface area contributed by atoms with Crippen molar-refractivity contribution in [3.63, 3.8) is 0 Å². The molecule has 2 aromatic rings. The van der Waals surface area contributed by atoms with Crippen molar-refractivity contribution in [2.24, 2.45) is 5.92 Å². The maximum atomic E-state index is 12.5. The van der Waals surface area contributed by atoms with Gasteiger partial charge in [-0.3, -0.25) is 4.79 Å². The van der Waals surface area contributed by atoms with Gasteiger partial charge in [0.25, 0.3) is 0 Å². The standard InChI is InChI=1S/C19H23N5O3/c1-12-20-18(27-23-12)14-7-9-24(10-8-14)19(26)22-16-4-2-3-15(11-16)21-17(25)13-5-6-13/h2-4,11,13-14H,5-10H2,1H3,(H,21,25)(H,22,26). The van der Waals surface area contributed by atoms with Crippen molar-refractivity contribution in [2.45, 2.75) is 38.5 Å². The number of aromatic nitrogens is 2. The van der Waals surface area contributed by atoms with Crippen LogP contribution in [0.25, 0.3) is 0 Å². The van der Waals surface area contributed by atoms with Gasteiger partial charge in [0, 0.05) is 36.3 Å². The maximum Gasteiger partial charge on any atom is 0.321 e. The van der Waals surface area contributed by atoms with Crippen LogP contribution in [0.15, 0.2) is 28.8 Å². The van der Waals surface area contributed by atoms with Gasteiger partial charge < -0.3 is 20.1 Å². The fourth-order valence-corrected chi connectivity index (χ4v) is 3.28. The number of rotatable bonds is 4. The Balaban J connectivity index is 1.31. The fourth-order valence-electron chi connectivity index (χ4n) is 3.28. The quantitative estimate of drug-likeness (QED) is 0.862. The molecule has 1 saturated heterocycles. The lowest BCUT2D eigenvalue weighted by molar-refractivity contribution is -0.117. The number of likely N-dealkylation sites (tertiary alicyclic amines) is 1. The summed E-state index contributed by atoms with van der Waals surface area (Å²) in [6, 6.07) is 7.11. The molecular formula is C19H23N5O3. The van der Waals surface area contributed by atoms with Crippen LogP contribution in [-0.2, 0) is 4.79 Å². The van der Waals surface area contributed by atoms with Gasteiger partial charge in [-0.1, -0.05) is 11.2 Å². The van der Waals surface area contributed by atoms with Crippen molar-refractivity contribution in [2.75, 3.05) is 23.7 Å². The number of piperidine rings is 1. The molecule has 0 unspecified atom stereocenters. The van der Waals surface area contributed by atoms with Gasteiger partial charge in [0.2, 0.25) is 11.8 Å². The smallest absolute Gasteiger partial charge is 0.321 e. The van der Waals surface area contributed by atoms with Crippen LogP contribution in [-0.4, -0.2) is 40.1 Å². The molecule has 2 fully saturated rings. The molecule has 1 aliphatic carbocycles. The highest BCUT2D eigenvalue weighted by Gasteiger charge is 2.30. The summed E-state index contributed by atoms with van der Waals surface area (Å²) in [5, 5.41) is 9.65. The lowest BCUT2D eigenvalue weighted by Gasteiger charge is -2.30. The molecule has 8 nitrogen and oxygen atoms in total. The van der Waals surface area contributed by atoms with Crippen LogP contribution in [0.5, 0.6) is 0 Å². The van der Waals surface area contributed by atoms with Gasteiger partial charge in [0.1, 0.15) is 0 Å². The first-order valence-electron chi connectivity index (χ1n) is 9.35. The molecular weight excluding hydrogens is 346 g/mol. The molecule has 0 radical (unpaired) electrons. The highest BCUT2D eigenvalue weighted by atomic mass is 16.5. The SMILES string of the molecule is Cc1noc(C2CCN(C(=O)Nc3cccc(NC(=O)C4CC4)c3)CC2)n1. The molecule has 1 aromatic carbocycles. The third kappa shape index (κ3) is 4.27. The minimum absolute atomic E-state index is 0.0526. The number of urea groups is 1. The van der Waals surface area contributed by atoms with E-state index in [4.69, 9.17) is 4.52 Å². The topological polar surface area (TPSA) is 100 Å². The number of nitrogens with zero attached hydrogens (tertiary/aromatic N) is 3. The first-order valence-corrected chi connectivity index (χ1v) is 9.35. The Hall–Kier alpha value is -2.90. The van der Waals surface area contributed by atoms with Gasteiger partial charge >= 0.3 is 6.03 Å². The van der Waals surface area contributed by atoms with Gasteiger partial charge in [0.15, 0.2) is 5.82 Å². The van der Waals surface area contributed by atoms with Crippen molar-refractivity contribution < 1.29 is 14.1 Å². The summed E-state index contributed by atoms with van der Waals surface area (Å²) in [4.78, 5) is 30.5. The number of hydrogen-bond donors (Lipinski definition) is 2. The zero-order valence-electron chi connectivity index (χ0n) is 15.3. The predicted molar refractivity (Wildman–Crippen MR) is 99.4 cm³/mol. The molecule has 0 bridgehead atoms. The molecule has 1 aromatic heterocycles. The van der Waals surface area contributed by atoms with Crippen molar-refractivity contribution in [3.8, 4) is 0 Å². The molecule has 4 rings (SSSR count). The van der Waals surface area contributed by atoms with Crippen LogP contribution in [0.2, 0.25) is 0 Å². The zero-order chi connectivity index (χ0) is 18.8. The average molecular weight is 369 g/mol. The minimum atomic E-state index is -0.138. The molecule has 3 amide bonds. The van der Waals surface area contributed by atoms with Gasteiger partial charge in [-0.05, 0) is 50.8 Å². The van der Waals surface area contributed by atoms with Crippen LogP contribution in [0.1, 0.15) is 43.3 Å². The summed E-state index contributed by atoms with van der Waals surface area (Å²) in [5.74, 6) is 1.70. The second-order valence-corrected chi connectivity index (χ2v) is 7.22. The van der Waals surface area contributed by atoms with Crippen molar-refractivity contribution in [1.82, 2.24) is 15.0 Å². The number of aryl methyl sites for hydroxylation is 1. The molecule has 1 aliphatic heterocycles. The highest BCUT2D eigenvalue weighted by Crippen LogP contribution is 2.30. The average Bonchev–Trinajstić information content (AvgIpc) is 3.43. The summed E-state index contributed by atoms with van der Waals surface area (Å²) >= 11 is 0. The van der Waals surface area contributed by atoms with Crippen LogP contribution >= 0.6 is 0 Å². The van der Waals surface area contributed by atoms with Crippen LogP contribution in [0, 0.1) is 12.8 Å². The Bertz CT molecular complexity index is 837. The predicted octanol–water partition coefficient (Wildman–Crippen LogP) is 3.14. The third-order valence-electron chi connectivity index (χ3n) is 5.00. The molecule has 2 aliphatic rings. The van der Waals surface area contributed by atoms with Gasteiger partial charge in [0.05, 0.1) is 0 Å². The lowest BCUT2D eigenvalue weighted by atomic mass is 9.97. The normalized spacial score (nSPS) is 17.6. The van der Waals surface area contributed by atoms with Crippen LogP contribution in [0.4, 0.5) is 16.2 Å². The number of amides is 3. The second-order valence-electron chi connectivity index (χ2n) is 7.22. The Morgan fingerprint density at radius 3 is 2.44 bits per heavy atom. The summed E-state index contributed by atoms with van der Waals surface area (Å²) in [6.07, 6.45) is 3.52. The monoisotopic (exact) mass is 369 g/mol. The Morgan fingerprint density at radius 2 is 1.81 bits per heavy atom. The van der Waals surface area contributed by atoms with E-state index in [1.165, 1.54) is 0 Å². The second kappa shape index (κ2) is 7.38. The molecule has 2 N–H and O–H groups in total. The van der Waals surface area contributed by atoms with Crippen molar-refractivity contribution in [3.05, 3.63) is 36.0 Å². The number of carbonyl (C=O) groups is 2. The van der Waals surface area contributed by atoms with Crippen LogP contribution < -0.4 is 10.6 Å². The van der Waals surface area contributed by atoms with E-state index in [1.54, 1.807) is 17.9 Å². The van der Waals surface area contributed by atoms with E-state index in [-0.39, 0.29) is 23.8 Å². The summed E-state index contributed by atoms with van der Waals surface area (Å²) in [6.45, 7) is 3.07. The highest BCUT2D eigenvalue weighted by molar-refractivity contribution is 5.95. The van der Waals surface area contributed by atoms with Gasteiger partial charge in [-0.25, -0.2) is 4.79 Å². The fraction of sp³-hybridized carbons (Fsp3) is 0.474. The minimum Gasteiger partial charge on any atom is -0.339 e. The Morgan fingerprint density at radius 1 is 1.11 bits per heavy atom. The number of anilines is 2. The van der Waals surface area contributed by atoms with Crippen LogP contribution in [0.3, 0.4) is 0 Å². The third-order valence-corrected chi connectivity index (χ3v) is 5.00. The Kier molecular flexibility index (Phi) is 4.79. The first kappa shape index (κ1) is 17.5. The maximum absolute atomic E-state index is 12.5. The molecule has 0 spiro atoms. The van der Waals surface area contributed by atoms with E-state index in [2.05, 4.69) is 20.8 Å². The Labute approximate surface area is 157 Å². The van der Waals surface area contributed by atoms with Gasteiger partial charge in [-0.15, -0.1) is 0 Å².